The van der Waals surface area contributed by atoms with Gasteiger partial charge in [0.15, 0.2) is 23.0 Å². The van der Waals surface area contributed by atoms with E-state index in [0.29, 0.717) is 17.1 Å². The lowest BCUT2D eigenvalue weighted by Gasteiger charge is -2.42. The van der Waals surface area contributed by atoms with Crippen molar-refractivity contribution in [2.75, 3.05) is 4.90 Å². The molecule has 0 bridgehead atoms. The molecule has 1 aliphatic carbocycles. The van der Waals surface area contributed by atoms with Gasteiger partial charge in [-0.2, -0.15) is 5.26 Å². The van der Waals surface area contributed by atoms with E-state index in [1.54, 1.807) is 0 Å². The molecule has 0 saturated heterocycles. The fourth-order valence-corrected chi connectivity index (χ4v) is 13.9. The highest BCUT2D eigenvalue weighted by Crippen LogP contribution is 2.66. The minimum Gasteiger partial charge on any atom is -0.453 e. The molecule has 10 aromatic carbocycles. The van der Waals surface area contributed by atoms with Gasteiger partial charge >= 0.3 is 0 Å². The maximum absolute atomic E-state index is 10.2. The second-order valence-corrected chi connectivity index (χ2v) is 21.1. The molecule has 1 spiro atoms. The molecule has 2 aliphatic heterocycles. The maximum atomic E-state index is 10.2. The quantitative estimate of drug-likeness (QED) is 0.175. The van der Waals surface area contributed by atoms with Gasteiger partial charge in [0.05, 0.1) is 108 Å². The molecule has 3 aliphatic rings. The SMILES string of the molecule is N#Cc1ccc2c(c1)c1ccccc1n2-c1cnc2c(c1)C1(c3cc(-n4c5ccccc5c5ccccc54)cnc3-2)c2cccc(N3c4ccccc4Oc4ccccc43)c2Oc2c(-n3c4ccccc4c4ccccc43)cccc21. The lowest BCUT2D eigenvalue weighted by molar-refractivity contribution is 0.434. The lowest BCUT2D eigenvalue weighted by atomic mass is 9.66. The lowest BCUT2D eigenvalue weighted by Crippen LogP contribution is -2.33. The van der Waals surface area contributed by atoms with Crippen LogP contribution >= 0.6 is 0 Å². The van der Waals surface area contributed by atoms with E-state index in [1.807, 2.05) is 48.8 Å². The maximum Gasteiger partial charge on any atom is 0.156 e. The van der Waals surface area contributed by atoms with Gasteiger partial charge < -0.3 is 23.2 Å². The first-order valence-electron chi connectivity index (χ1n) is 27.2. The minimum absolute atomic E-state index is 0.604. The van der Waals surface area contributed by atoms with E-state index >= 15 is 0 Å². The number of nitrogens with zero attached hydrogens (tertiary/aromatic N) is 7. The van der Waals surface area contributed by atoms with E-state index in [2.05, 4.69) is 225 Å². The molecule has 9 heteroatoms. The molecular weight excluding hydrogens is 995 g/mol. The van der Waals surface area contributed by atoms with Crippen LogP contribution in [0.5, 0.6) is 23.0 Å². The highest BCUT2D eigenvalue weighted by molar-refractivity contribution is 6.12. The van der Waals surface area contributed by atoms with Crippen molar-refractivity contribution in [3.63, 3.8) is 0 Å². The Morgan fingerprint density at radius 3 is 1.26 bits per heavy atom. The summed E-state index contributed by atoms with van der Waals surface area (Å²) in [6.45, 7) is 0. The minimum atomic E-state index is -1.11. The summed E-state index contributed by atoms with van der Waals surface area (Å²) in [6.07, 6.45) is 4.01. The zero-order valence-electron chi connectivity index (χ0n) is 43.1. The van der Waals surface area contributed by atoms with E-state index in [-0.39, 0.29) is 0 Å². The molecule has 0 radical (unpaired) electrons. The molecule has 9 nitrogen and oxygen atoms in total. The van der Waals surface area contributed by atoms with Crippen LogP contribution in [0.2, 0.25) is 0 Å². The van der Waals surface area contributed by atoms with Crippen molar-refractivity contribution in [2.24, 2.45) is 0 Å². The van der Waals surface area contributed by atoms with Crippen molar-refractivity contribution in [1.29, 1.82) is 5.26 Å². The van der Waals surface area contributed by atoms with Gasteiger partial charge in [-0.25, -0.2) is 0 Å². The van der Waals surface area contributed by atoms with Crippen molar-refractivity contribution in [2.45, 2.75) is 5.41 Å². The van der Waals surface area contributed by atoms with Gasteiger partial charge in [0.2, 0.25) is 0 Å². The first-order valence-corrected chi connectivity index (χ1v) is 27.2. The predicted molar refractivity (Wildman–Crippen MR) is 322 cm³/mol. The Morgan fingerprint density at radius 2 is 0.753 bits per heavy atom. The largest absolute Gasteiger partial charge is 0.453 e. The summed E-state index contributed by atoms with van der Waals surface area (Å²) < 4.78 is 21.6. The fraction of sp³-hybridized carbons (Fsp3) is 0.0139. The molecular formula is C72H41N7O2. The van der Waals surface area contributed by atoms with Crippen LogP contribution in [0.4, 0.5) is 17.1 Å². The number of hydrogen-bond acceptors (Lipinski definition) is 6. The third-order valence-electron chi connectivity index (χ3n) is 17.2. The number of pyridine rings is 2. The summed E-state index contributed by atoms with van der Waals surface area (Å²) in [6, 6.07) is 85.7. The van der Waals surface area contributed by atoms with E-state index in [9.17, 15) is 5.26 Å². The molecule has 1 unspecified atom stereocenters. The van der Waals surface area contributed by atoms with Crippen molar-refractivity contribution in [3.8, 4) is 57.5 Å². The second-order valence-electron chi connectivity index (χ2n) is 21.1. The molecule has 81 heavy (non-hydrogen) atoms. The number of fused-ring (bicyclic) bond motifs is 20. The van der Waals surface area contributed by atoms with Crippen molar-refractivity contribution in [3.05, 3.63) is 277 Å². The number of rotatable bonds is 4. The van der Waals surface area contributed by atoms with Gasteiger partial charge in [0.1, 0.15) is 0 Å². The number of anilines is 3. The standard InChI is InChI=1S/C72H41N7O2/c73-40-43-35-36-61-51(37-43)50-21-5-8-26-58(50)77(61)45-39-55-69(75-42-45)68-54(38-44(41-74-68)76-56-24-6-1-17-46(56)47-18-2-7-25-57(47)76)72(55)52-22-15-31-64(78-59-27-9-3-19-48(59)49-20-4-10-28-60(49)78)70(52)81-71-53(72)23-16-32-65(71)79-62-29-11-13-33-66(62)80-67-34-14-12-30-63(67)79/h1-39,41-42H. The monoisotopic (exact) mass is 1040 g/mol. The summed E-state index contributed by atoms with van der Waals surface area (Å²) >= 11 is 0. The van der Waals surface area contributed by atoms with Gasteiger partial charge in [-0.05, 0) is 97.1 Å². The summed E-state index contributed by atoms with van der Waals surface area (Å²) in [5, 5.41) is 16.8. The first kappa shape index (κ1) is 43.8. The zero-order valence-corrected chi connectivity index (χ0v) is 43.1. The van der Waals surface area contributed by atoms with Gasteiger partial charge in [-0.1, -0.05) is 140 Å². The van der Waals surface area contributed by atoms with Crippen LogP contribution in [-0.4, -0.2) is 23.7 Å². The van der Waals surface area contributed by atoms with Crippen LogP contribution in [0.15, 0.2) is 249 Å². The third kappa shape index (κ3) is 5.76. The molecule has 0 saturated carbocycles. The third-order valence-corrected chi connectivity index (χ3v) is 17.2. The Morgan fingerprint density at radius 1 is 0.346 bits per heavy atom. The van der Waals surface area contributed by atoms with Crippen LogP contribution in [0.1, 0.15) is 27.8 Å². The van der Waals surface area contributed by atoms with Crippen LogP contribution in [0, 0.1) is 11.3 Å². The summed E-state index contributed by atoms with van der Waals surface area (Å²) in [4.78, 5) is 13.5. The van der Waals surface area contributed by atoms with Crippen LogP contribution in [-0.2, 0) is 5.41 Å². The Hall–Kier alpha value is -11.2. The number of nitriles is 1. The smallest absolute Gasteiger partial charge is 0.156 e. The topological polar surface area (TPSA) is 86.1 Å². The predicted octanol–water partition coefficient (Wildman–Crippen LogP) is 17.7. The van der Waals surface area contributed by atoms with E-state index in [1.165, 1.54) is 10.8 Å². The summed E-state index contributed by atoms with van der Waals surface area (Å²) in [5.41, 5.74) is 16.5. The molecule has 5 aromatic heterocycles. The Labute approximate surface area is 463 Å². The molecule has 15 aromatic rings. The average molecular weight is 1040 g/mol. The molecule has 376 valence electrons. The van der Waals surface area contributed by atoms with Crippen molar-refractivity contribution in [1.82, 2.24) is 23.7 Å². The molecule has 0 N–H and O–H groups in total. The Balaban J connectivity index is 1.01. The number of hydrogen-bond donors (Lipinski definition) is 0. The normalized spacial score (nSPS) is 14.6. The van der Waals surface area contributed by atoms with Gasteiger partial charge in [0, 0.05) is 54.6 Å². The Kier molecular flexibility index (Phi) is 8.76. The second kappa shape index (κ2) is 16.2. The number of benzene rings is 10. The summed E-state index contributed by atoms with van der Waals surface area (Å²) in [5.74, 6) is 2.89. The van der Waals surface area contributed by atoms with Crippen molar-refractivity contribution < 1.29 is 9.47 Å². The number of aromatic nitrogens is 5. The molecule has 0 fully saturated rings. The van der Waals surface area contributed by atoms with E-state index in [4.69, 9.17) is 19.4 Å². The van der Waals surface area contributed by atoms with Crippen LogP contribution in [0.3, 0.4) is 0 Å². The highest BCUT2D eigenvalue weighted by Gasteiger charge is 2.54. The van der Waals surface area contributed by atoms with Crippen LogP contribution < -0.4 is 14.4 Å². The number of para-hydroxylation sites is 11. The fourth-order valence-electron chi connectivity index (χ4n) is 13.9. The van der Waals surface area contributed by atoms with Gasteiger partial charge in [-0.3, -0.25) is 14.9 Å². The number of ether oxygens (including phenoxy) is 2. The average Bonchev–Trinajstić information content (AvgIpc) is 4.19. The van der Waals surface area contributed by atoms with Gasteiger partial charge in [-0.15, -0.1) is 0 Å². The molecule has 0 amide bonds. The summed E-state index contributed by atoms with van der Waals surface area (Å²) in [7, 11) is 0. The molecule has 18 rings (SSSR count). The van der Waals surface area contributed by atoms with Crippen LogP contribution in [0.25, 0.3) is 93.9 Å². The first-order chi connectivity index (χ1) is 40.2. The zero-order chi connectivity index (χ0) is 53.1. The molecule has 7 heterocycles. The Bertz CT molecular complexity index is 5160. The van der Waals surface area contributed by atoms with Gasteiger partial charge in [0.25, 0.3) is 0 Å². The van der Waals surface area contributed by atoms with E-state index < -0.39 is 5.41 Å². The highest BCUT2D eigenvalue weighted by atomic mass is 16.5. The van der Waals surface area contributed by atoms with Crippen molar-refractivity contribution >= 4 is 82.5 Å². The molecule has 1 atom stereocenters. The van der Waals surface area contributed by atoms with E-state index in [0.717, 1.165) is 134 Å².